The predicted octanol–water partition coefficient (Wildman–Crippen LogP) is 2.15. The molecule has 0 aliphatic heterocycles. The van der Waals surface area contributed by atoms with Crippen molar-refractivity contribution < 1.29 is 17.7 Å². The summed E-state index contributed by atoms with van der Waals surface area (Å²) in [5.41, 5.74) is 0.863. The molecule has 3 aromatic rings. The lowest BCUT2D eigenvalue weighted by molar-refractivity contribution is 0.0941. The minimum absolute atomic E-state index is 0.0137. The van der Waals surface area contributed by atoms with Crippen molar-refractivity contribution >= 4 is 27.5 Å². The van der Waals surface area contributed by atoms with Crippen LogP contribution in [0.4, 0.5) is 0 Å². The third-order valence-corrected chi connectivity index (χ3v) is 5.45. The van der Waals surface area contributed by atoms with Gasteiger partial charge in [0.25, 0.3) is 5.91 Å². The monoisotopic (exact) mass is 406 g/mol. The lowest BCUT2D eigenvalue weighted by atomic mass is 10.1. The molecule has 3 rings (SSSR count). The van der Waals surface area contributed by atoms with Gasteiger partial charge < -0.3 is 9.84 Å². The summed E-state index contributed by atoms with van der Waals surface area (Å²) in [5, 5.41) is 7.12. The number of amides is 1. The molecule has 140 valence electrons. The van der Waals surface area contributed by atoms with Gasteiger partial charge in [0.1, 0.15) is 6.04 Å². The molecular formula is C17H15ClN4O4S. The summed E-state index contributed by atoms with van der Waals surface area (Å²) < 4.78 is 30.9. The van der Waals surface area contributed by atoms with Gasteiger partial charge in [0, 0.05) is 10.6 Å². The molecule has 0 radical (unpaired) electrons. The molecule has 1 atom stereocenters. The van der Waals surface area contributed by atoms with E-state index in [1.54, 1.807) is 24.3 Å². The van der Waals surface area contributed by atoms with Gasteiger partial charge in [-0.05, 0) is 42.9 Å². The molecule has 1 aromatic heterocycles. The first kappa shape index (κ1) is 19.0. The zero-order chi connectivity index (χ0) is 19.4. The number of nitrogens with one attached hydrogen (secondary N) is 2. The largest absolute Gasteiger partial charge is 0.343 e. The van der Waals surface area contributed by atoms with Crippen molar-refractivity contribution in [2.24, 2.45) is 0 Å². The smallest absolute Gasteiger partial charge is 0.252 e. The molecule has 0 saturated carbocycles. The van der Waals surface area contributed by atoms with Crippen molar-refractivity contribution in [2.45, 2.75) is 10.9 Å². The Bertz CT molecular complexity index is 1040. The van der Waals surface area contributed by atoms with Crippen LogP contribution in [-0.4, -0.2) is 31.5 Å². The fraction of sp³-hybridized carbons (Fsp3) is 0.118. The summed E-state index contributed by atoms with van der Waals surface area (Å²) in [6.45, 7) is 0. The van der Waals surface area contributed by atoms with Gasteiger partial charge in [-0.1, -0.05) is 35.0 Å². The van der Waals surface area contributed by atoms with Gasteiger partial charge in [0.05, 0.1) is 4.90 Å². The van der Waals surface area contributed by atoms with Gasteiger partial charge >= 0.3 is 0 Å². The molecule has 10 heteroatoms. The second-order valence-electron chi connectivity index (χ2n) is 5.48. The predicted molar refractivity (Wildman–Crippen MR) is 97.7 cm³/mol. The summed E-state index contributed by atoms with van der Waals surface area (Å²) in [5.74, 6) is -0.238. The van der Waals surface area contributed by atoms with Gasteiger partial charge in [-0.15, -0.1) is 0 Å². The van der Waals surface area contributed by atoms with E-state index >= 15 is 0 Å². The number of halogens is 1. The molecule has 1 heterocycles. The lowest BCUT2D eigenvalue weighted by Crippen LogP contribution is -2.30. The number of carbonyl (C=O) groups is 1. The molecular weight excluding hydrogens is 392 g/mol. The normalized spacial score (nSPS) is 12.5. The van der Waals surface area contributed by atoms with Gasteiger partial charge in [-0.2, -0.15) is 4.98 Å². The summed E-state index contributed by atoms with van der Waals surface area (Å²) in [6, 6.07) is 11.8. The van der Waals surface area contributed by atoms with Gasteiger partial charge in [0.2, 0.25) is 16.4 Å². The van der Waals surface area contributed by atoms with Crippen LogP contribution in [0.25, 0.3) is 0 Å². The molecule has 0 bridgehead atoms. The van der Waals surface area contributed by atoms with E-state index in [-0.39, 0.29) is 16.3 Å². The van der Waals surface area contributed by atoms with Gasteiger partial charge in [-0.25, -0.2) is 13.1 Å². The topological polar surface area (TPSA) is 114 Å². The second-order valence-corrected chi connectivity index (χ2v) is 7.81. The van der Waals surface area contributed by atoms with Crippen molar-refractivity contribution in [2.75, 3.05) is 7.05 Å². The molecule has 0 unspecified atom stereocenters. The van der Waals surface area contributed by atoms with Crippen LogP contribution >= 0.6 is 11.6 Å². The number of hydrogen-bond acceptors (Lipinski definition) is 6. The maximum Gasteiger partial charge on any atom is 0.252 e. The van der Waals surface area contributed by atoms with Gasteiger partial charge in [0.15, 0.2) is 5.82 Å². The number of nitrogens with zero attached hydrogens (tertiary/aromatic N) is 2. The Hall–Kier alpha value is -2.75. The molecule has 8 nitrogen and oxygen atoms in total. The minimum Gasteiger partial charge on any atom is -0.343 e. The van der Waals surface area contributed by atoms with E-state index in [1.807, 2.05) is 0 Å². The first-order valence-electron chi connectivity index (χ1n) is 7.77. The molecule has 0 spiro atoms. The van der Waals surface area contributed by atoms with E-state index in [0.29, 0.717) is 10.6 Å². The molecule has 27 heavy (non-hydrogen) atoms. The Morgan fingerprint density at radius 3 is 2.56 bits per heavy atom. The van der Waals surface area contributed by atoms with E-state index in [0.717, 1.165) is 6.39 Å². The molecule has 0 fully saturated rings. The van der Waals surface area contributed by atoms with E-state index in [4.69, 9.17) is 16.1 Å². The van der Waals surface area contributed by atoms with Crippen LogP contribution in [0, 0.1) is 0 Å². The highest BCUT2D eigenvalue weighted by atomic mass is 35.5. The summed E-state index contributed by atoms with van der Waals surface area (Å²) in [6.07, 6.45) is 1.16. The Labute approximate surface area is 160 Å². The third kappa shape index (κ3) is 4.33. The molecule has 0 aliphatic rings. The highest BCUT2D eigenvalue weighted by Gasteiger charge is 2.22. The summed E-state index contributed by atoms with van der Waals surface area (Å²) in [4.78, 5) is 16.7. The number of hydrogen-bond donors (Lipinski definition) is 2. The second kappa shape index (κ2) is 7.87. The molecule has 2 aromatic carbocycles. The zero-order valence-electron chi connectivity index (χ0n) is 14.1. The van der Waals surface area contributed by atoms with E-state index in [1.165, 1.54) is 31.3 Å². The van der Waals surface area contributed by atoms with Crippen molar-refractivity contribution in [3.05, 3.63) is 76.9 Å². The van der Waals surface area contributed by atoms with Crippen molar-refractivity contribution in [1.29, 1.82) is 0 Å². The first-order valence-corrected chi connectivity index (χ1v) is 9.63. The Balaban J connectivity index is 1.92. The Kier molecular flexibility index (Phi) is 5.54. The first-order chi connectivity index (χ1) is 12.9. The van der Waals surface area contributed by atoms with E-state index in [9.17, 15) is 13.2 Å². The average Bonchev–Trinajstić information content (AvgIpc) is 3.21. The van der Waals surface area contributed by atoms with Crippen molar-refractivity contribution in [1.82, 2.24) is 20.2 Å². The Morgan fingerprint density at radius 1 is 1.19 bits per heavy atom. The number of rotatable bonds is 6. The molecule has 0 aliphatic carbocycles. The van der Waals surface area contributed by atoms with Gasteiger partial charge in [-0.3, -0.25) is 4.79 Å². The van der Waals surface area contributed by atoms with Crippen LogP contribution in [0.15, 0.2) is 64.3 Å². The molecule has 1 amide bonds. The minimum atomic E-state index is -3.67. The highest BCUT2D eigenvalue weighted by molar-refractivity contribution is 7.89. The molecule has 0 saturated heterocycles. The van der Waals surface area contributed by atoms with E-state index in [2.05, 4.69) is 20.2 Å². The Morgan fingerprint density at radius 2 is 1.93 bits per heavy atom. The van der Waals surface area contributed by atoms with Crippen molar-refractivity contribution in [3.63, 3.8) is 0 Å². The fourth-order valence-electron chi connectivity index (χ4n) is 2.39. The number of sulfonamides is 1. The number of carbonyl (C=O) groups excluding carboxylic acids is 1. The highest BCUT2D eigenvalue weighted by Crippen LogP contribution is 2.22. The summed E-state index contributed by atoms with van der Waals surface area (Å²) in [7, 11) is -2.37. The van der Waals surface area contributed by atoms with Crippen LogP contribution in [-0.2, 0) is 10.0 Å². The van der Waals surface area contributed by atoms with Crippen LogP contribution in [0.2, 0.25) is 5.02 Å². The molecule has 2 N–H and O–H groups in total. The zero-order valence-corrected chi connectivity index (χ0v) is 15.7. The maximum absolute atomic E-state index is 12.7. The third-order valence-electron chi connectivity index (χ3n) is 3.79. The summed E-state index contributed by atoms with van der Waals surface area (Å²) >= 11 is 5.92. The van der Waals surface area contributed by atoms with Crippen LogP contribution in [0.5, 0.6) is 0 Å². The maximum atomic E-state index is 12.7. The average molecular weight is 407 g/mol. The fourth-order valence-corrected chi connectivity index (χ4v) is 3.30. The van der Waals surface area contributed by atoms with E-state index < -0.39 is 22.0 Å². The van der Waals surface area contributed by atoms with Crippen LogP contribution in [0.3, 0.4) is 0 Å². The number of benzene rings is 2. The number of aromatic nitrogens is 2. The van der Waals surface area contributed by atoms with Crippen LogP contribution in [0.1, 0.15) is 27.8 Å². The quantitative estimate of drug-likeness (QED) is 0.648. The van der Waals surface area contributed by atoms with Crippen molar-refractivity contribution in [3.8, 4) is 0 Å². The van der Waals surface area contributed by atoms with Crippen LogP contribution < -0.4 is 10.0 Å². The standard InChI is InChI=1S/C17H15ClN4O4S/c1-19-27(24,25)14-4-2-3-12(9-14)17(23)21-15(16-20-10-26-22-16)11-5-7-13(18)8-6-11/h2-10,15,19H,1H3,(H,21,23)/t15-/m1/s1. The lowest BCUT2D eigenvalue weighted by Gasteiger charge is -2.16. The SMILES string of the molecule is CNS(=O)(=O)c1cccc(C(=O)N[C@H](c2ccc(Cl)cc2)c2ncon2)c1.